The maximum atomic E-state index is 13.0. The Morgan fingerprint density at radius 3 is 1.68 bits per heavy atom. The average Bonchev–Trinajstić information content (AvgIpc) is 3.97. The molecule has 0 unspecified atom stereocenters. The number of H-pyrrole nitrogens is 2. The van der Waals surface area contributed by atoms with E-state index in [0.717, 1.165) is 31.7 Å². The predicted molar refractivity (Wildman–Crippen MR) is 220 cm³/mol. The number of aliphatic carboxylic acids is 1. The number of methoxy groups -OCH3 is 3. The number of benzene rings is 2. The number of rotatable bonds is 9. The molecule has 0 bridgehead atoms. The SMILES string of the molecule is COc1cncc2[nH]cc(C(=O)C(=O)[O-])c12.COc1ncc(OC)c2c(C(=O)C(=O)N3CCN(C(=O)c4ccccc4)CC3)c[nH]c12.O=C(c1ccccc1)N1CCNCC1.[K+]. The minimum absolute atomic E-state index is 0. The van der Waals surface area contributed by atoms with E-state index in [-0.39, 0.29) is 87.4 Å². The van der Waals surface area contributed by atoms with Crippen LogP contribution in [-0.2, 0) is 9.59 Å². The molecule has 2 aliphatic heterocycles. The first-order valence-electron chi connectivity index (χ1n) is 19.1. The van der Waals surface area contributed by atoms with E-state index in [9.17, 15) is 33.9 Å². The number of aromatic amines is 2. The van der Waals surface area contributed by atoms with Gasteiger partial charge >= 0.3 is 51.4 Å². The fraction of sp³-hybridized carbons (Fsp3) is 0.256. The second kappa shape index (κ2) is 22.2. The van der Waals surface area contributed by atoms with Crippen molar-refractivity contribution in [3.8, 4) is 17.4 Å². The van der Waals surface area contributed by atoms with Gasteiger partial charge in [0.05, 0.1) is 67.3 Å². The molecule has 0 radical (unpaired) electrons. The number of fused-ring (bicyclic) bond motifs is 2. The van der Waals surface area contributed by atoms with Crippen LogP contribution in [0.4, 0.5) is 0 Å². The average molecular weight is 871 g/mol. The number of piperazine rings is 2. The van der Waals surface area contributed by atoms with Crippen LogP contribution in [0.2, 0.25) is 0 Å². The molecule has 2 saturated heterocycles. The Morgan fingerprint density at radius 2 is 1.13 bits per heavy atom. The van der Waals surface area contributed by atoms with Gasteiger partial charge < -0.3 is 54.1 Å². The van der Waals surface area contributed by atoms with Gasteiger partial charge in [-0.05, 0) is 24.3 Å². The summed E-state index contributed by atoms with van der Waals surface area (Å²) in [6, 6.07) is 18.4. The fourth-order valence-corrected chi connectivity index (χ4v) is 6.84. The molecule has 2 fully saturated rings. The number of aromatic nitrogens is 4. The number of Topliss-reactive ketones (excluding diaryl/α,β-unsaturated/α-hetero) is 2. The number of carboxylic acids is 1. The first-order valence-corrected chi connectivity index (χ1v) is 19.1. The van der Waals surface area contributed by atoms with Crippen LogP contribution in [0.1, 0.15) is 41.4 Å². The Labute approximate surface area is 398 Å². The Balaban J connectivity index is 0.000000196. The first kappa shape index (κ1) is 47.1. The smallest absolute Gasteiger partial charge is 0.541 e. The molecule has 2 aromatic carbocycles. The van der Waals surface area contributed by atoms with E-state index >= 15 is 0 Å². The number of carboxylic acid groups (broad SMARTS) is 1. The summed E-state index contributed by atoms with van der Waals surface area (Å²) in [4.78, 5) is 91.0. The molecule has 316 valence electrons. The van der Waals surface area contributed by atoms with Crippen LogP contribution in [0, 0.1) is 0 Å². The maximum absolute atomic E-state index is 13.0. The van der Waals surface area contributed by atoms with Crippen LogP contribution >= 0.6 is 0 Å². The van der Waals surface area contributed by atoms with Gasteiger partial charge in [0, 0.05) is 75.9 Å². The van der Waals surface area contributed by atoms with Crippen LogP contribution in [-0.4, -0.2) is 144 Å². The second-order valence-electron chi connectivity index (χ2n) is 13.6. The van der Waals surface area contributed by atoms with Crippen LogP contribution in [0.3, 0.4) is 0 Å². The molecule has 3 amide bonds. The van der Waals surface area contributed by atoms with Gasteiger partial charge in [-0.15, -0.1) is 0 Å². The Hall–Kier alpha value is -5.96. The number of hydrogen-bond donors (Lipinski definition) is 3. The Kier molecular flexibility index (Phi) is 16.9. The van der Waals surface area contributed by atoms with Crippen LogP contribution in [0.25, 0.3) is 21.8 Å². The molecule has 4 aromatic heterocycles. The number of nitrogens with one attached hydrogen (secondary N) is 3. The van der Waals surface area contributed by atoms with E-state index in [1.165, 1.54) is 57.2 Å². The maximum Gasteiger partial charge on any atom is 1.00 e. The molecule has 0 aliphatic carbocycles. The molecule has 0 spiro atoms. The van der Waals surface area contributed by atoms with Gasteiger partial charge in [-0.1, -0.05) is 36.4 Å². The van der Waals surface area contributed by atoms with Crippen molar-refractivity contribution in [2.75, 3.05) is 73.7 Å². The molecule has 18 nitrogen and oxygen atoms in total. The number of hydrogen-bond acceptors (Lipinski definition) is 13. The van der Waals surface area contributed by atoms with E-state index < -0.39 is 23.4 Å². The summed E-state index contributed by atoms with van der Waals surface area (Å²) in [7, 11) is 4.35. The number of pyridine rings is 2. The van der Waals surface area contributed by atoms with Gasteiger partial charge in [-0.25, -0.2) is 4.98 Å². The van der Waals surface area contributed by atoms with E-state index in [1.54, 1.807) is 17.0 Å². The van der Waals surface area contributed by atoms with Crippen molar-refractivity contribution in [1.82, 2.24) is 40.0 Å². The third-order valence-corrected chi connectivity index (χ3v) is 9.99. The summed E-state index contributed by atoms with van der Waals surface area (Å²) in [6.45, 7) is 4.73. The zero-order chi connectivity index (χ0) is 43.5. The zero-order valence-electron chi connectivity index (χ0n) is 34.6. The van der Waals surface area contributed by atoms with Gasteiger partial charge in [0.15, 0.2) is 0 Å². The van der Waals surface area contributed by atoms with Crippen molar-refractivity contribution in [3.63, 3.8) is 0 Å². The first-order chi connectivity index (χ1) is 29.6. The van der Waals surface area contributed by atoms with E-state index in [4.69, 9.17) is 14.2 Å². The van der Waals surface area contributed by atoms with E-state index in [1.807, 2.05) is 53.4 Å². The Bertz CT molecular complexity index is 2530. The standard InChI is InChI=1S/C22H22N4O5.C11H14N2O.C10H8N2O4.K/c1-30-16-13-24-20(31-2)18-17(16)15(12-23-18)19(27)22(29)26-10-8-25(9-11-26)21(28)14-6-4-3-5-7-14;14-11(10-4-2-1-3-5-10)13-8-6-12-7-9-13;1-16-7-4-11-3-6-8(7)5(2-12-6)9(13)10(14)15;/h3-7,12-13,23H,8-11H2,1-2H3;1-5,12H,6-9H2;2-4,12H,1H3,(H,14,15);/q;;;+1/p-1. The number of ether oxygens (including phenoxy) is 3. The number of carbonyl (C=O) groups excluding carboxylic acids is 6. The monoisotopic (exact) mass is 870 g/mol. The van der Waals surface area contributed by atoms with Gasteiger partial charge in [0.25, 0.3) is 23.5 Å². The molecule has 0 saturated carbocycles. The number of ketones is 2. The predicted octanol–water partition coefficient (Wildman–Crippen LogP) is -1.01. The third-order valence-electron chi connectivity index (χ3n) is 9.99. The topological polar surface area (TPSA) is 232 Å². The molecule has 2 aliphatic rings. The van der Waals surface area contributed by atoms with Crippen molar-refractivity contribution in [1.29, 1.82) is 0 Å². The normalized spacial score (nSPS) is 13.4. The quantitative estimate of drug-likeness (QED) is 0.0900. The van der Waals surface area contributed by atoms with Gasteiger partial charge in [0.2, 0.25) is 11.7 Å². The summed E-state index contributed by atoms with van der Waals surface area (Å²) >= 11 is 0. The minimum Gasteiger partial charge on any atom is -0.541 e. The van der Waals surface area contributed by atoms with Crippen molar-refractivity contribution >= 4 is 57.1 Å². The van der Waals surface area contributed by atoms with Gasteiger partial charge in [-0.2, -0.15) is 0 Å². The molecule has 6 heterocycles. The number of nitrogens with zero attached hydrogens (tertiary/aromatic N) is 5. The molecule has 3 N–H and O–H groups in total. The number of amides is 3. The summed E-state index contributed by atoms with van der Waals surface area (Å²) in [6.07, 6.45) is 7.09. The molecule has 0 atom stereocenters. The minimum atomic E-state index is -1.75. The fourth-order valence-electron chi connectivity index (χ4n) is 6.84. The van der Waals surface area contributed by atoms with Crippen LogP contribution < -0.4 is 76.0 Å². The van der Waals surface area contributed by atoms with Crippen molar-refractivity contribution in [2.45, 2.75) is 0 Å². The molecule has 62 heavy (non-hydrogen) atoms. The van der Waals surface area contributed by atoms with E-state index in [2.05, 4.69) is 25.3 Å². The third kappa shape index (κ3) is 10.7. The summed E-state index contributed by atoms with van der Waals surface area (Å²) in [5, 5.41) is 14.6. The van der Waals surface area contributed by atoms with Crippen LogP contribution in [0.5, 0.6) is 17.4 Å². The largest absolute Gasteiger partial charge is 1.00 e. The van der Waals surface area contributed by atoms with Gasteiger partial charge in [-0.3, -0.25) is 29.0 Å². The van der Waals surface area contributed by atoms with E-state index in [0.29, 0.717) is 57.8 Å². The van der Waals surface area contributed by atoms with Crippen molar-refractivity contribution < 1.29 is 99.5 Å². The molecule has 8 rings (SSSR count). The van der Waals surface area contributed by atoms with Crippen LogP contribution in [0.15, 0.2) is 91.6 Å². The second-order valence-corrected chi connectivity index (χ2v) is 13.6. The van der Waals surface area contributed by atoms with Crippen molar-refractivity contribution in [2.24, 2.45) is 0 Å². The van der Waals surface area contributed by atoms with Gasteiger partial charge in [0.1, 0.15) is 23.0 Å². The number of carbonyl (C=O) groups is 6. The molecule has 19 heteroatoms. The zero-order valence-corrected chi connectivity index (χ0v) is 37.8. The van der Waals surface area contributed by atoms with Crippen molar-refractivity contribution in [3.05, 3.63) is 114 Å². The molecular weight excluding hydrogens is 828 g/mol. The Morgan fingerprint density at radius 1 is 0.613 bits per heavy atom. The summed E-state index contributed by atoms with van der Waals surface area (Å²) in [5.74, 6) is -3.04. The summed E-state index contributed by atoms with van der Waals surface area (Å²) in [5.41, 5.74) is 2.61. The molecule has 6 aromatic rings. The summed E-state index contributed by atoms with van der Waals surface area (Å²) < 4.78 is 15.6. The molecular formula is C43H43KN8O10.